The Kier molecular flexibility index (Phi) is 6.57. The molecule has 2 rings (SSSR count). The Labute approximate surface area is 163 Å². The minimum atomic E-state index is -3.90. The average Bonchev–Trinajstić information content (AvgIpc) is 2.65. The number of nitro benzene ring substituents is 1. The van der Waals surface area contributed by atoms with Crippen molar-refractivity contribution in [2.24, 2.45) is 0 Å². The van der Waals surface area contributed by atoms with Crippen LogP contribution in [0.25, 0.3) is 0 Å². The number of benzene rings is 2. The summed E-state index contributed by atoms with van der Waals surface area (Å²) in [6.45, 7) is 1.66. The van der Waals surface area contributed by atoms with Crippen molar-refractivity contribution in [3.8, 4) is 5.75 Å². The first kappa shape index (κ1) is 21.2. The number of sulfonamides is 1. The second-order valence-electron chi connectivity index (χ2n) is 5.98. The number of nitro groups is 1. The number of non-ortho nitro benzene ring substituents is 1. The van der Waals surface area contributed by atoms with Crippen molar-refractivity contribution < 1.29 is 22.9 Å². The van der Waals surface area contributed by atoms with E-state index < -0.39 is 26.9 Å². The van der Waals surface area contributed by atoms with Gasteiger partial charge >= 0.3 is 0 Å². The van der Waals surface area contributed by atoms with Crippen molar-refractivity contribution >= 4 is 33.0 Å². The van der Waals surface area contributed by atoms with Crippen LogP contribution in [-0.4, -0.2) is 38.7 Å². The summed E-state index contributed by atoms with van der Waals surface area (Å²) in [6.07, 6.45) is 1.11. The smallest absolute Gasteiger partial charge is 0.271 e. The molecule has 0 aliphatic rings. The van der Waals surface area contributed by atoms with E-state index in [9.17, 15) is 23.3 Å². The van der Waals surface area contributed by atoms with Crippen LogP contribution in [-0.2, 0) is 14.8 Å². The van der Waals surface area contributed by atoms with Crippen LogP contribution in [0.4, 0.5) is 17.1 Å². The zero-order valence-corrected chi connectivity index (χ0v) is 16.5. The lowest BCUT2D eigenvalue weighted by Gasteiger charge is -2.30. The summed E-state index contributed by atoms with van der Waals surface area (Å²) in [6, 6.07) is 10.7. The Bertz CT molecular complexity index is 977. The molecule has 150 valence electrons. The highest BCUT2D eigenvalue weighted by Crippen LogP contribution is 2.27. The molecule has 0 radical (unpaired) electrons. The fourth-order valence-corrected chi connectivity index (χ4v) is 3.93. The third-order valence-corrected chi connectivity index (χ3v) is 5.14. The summed E-state index contributed by atoms with van der Waals surface area (Å²) in [7, 11) is -2.41. The van der Waals surface area contributed by atoms with Gasteiger partial charge in [0, 0.05) is 23.9 Å². The van der Waals surface area contributed by atoms with Crippen molar-refractivity contribution in [2.45, 2.75) is 19.4 Å². The molecule has 28 heavy (non-hydrogen) atoms. The topological polar surface area (TPSA) is 119 Å². The molecular weight excluding hydrogens is 386 g/mol. The second-order valence-corrected chi connectivity index (χ2v) is 7.84. The van der Waals surface area contributed by atoms with E-state index in [4.69, 9.17) is 4.74 Å². The number of amides is 1. The molecule has 0 aliphatic carbocycles. The van der Waals surface area contributed by atoms with Crippen molar-refractivity contribution in [3.05, 3.63) is 58.6 Å². The number of nitrogens with one attached hydrogen (secondary N) is 1. The van der Waals surface area contributed by atoms with Crippen LogP contribution in [0.15, 0.2) is 48.5 Å². The van der Waals surface area contributed by atoms with Crippen molar-refractivity contribution in [1.29, 1.82) is 0 Å². The molecule has 0 saturated carbocycles. The van der Waals surface area contributed by atoms with Gasteiger partial charge in [-0.1, -0.05) is 19.1 Å². The van der Waals surface area contributed by atoms with E-state index in [1.54, 1.807) is 31.2 Å². The number of anilines is 2. The van der Waals surface area contributed by atoms with Gasteiger partial charge in [-0.2, -0.15) is 0 Å². The summed E-state index contributed by atoms with van der Waals surface area (Å²) in [4.78, 5) is 23.3. The molecule has 10 heteroatoms. The lowest BCUT2D eigenvalue weighted by Crippen LogP contribution is -2.47. The molecular formula is C18H21N3O6S. The van der Waals surface area contributed by atoms with E-state index in [1.165, 1.54) is 25.3 Å². The van der Waals surface area contributed by atoms with Gasteiger partial charge in [-0.25, -0.2) is 8.42 Å². The normalized spacial score (nSPS) is 12.1. The van der Waals surface area contributed by atoms with Crippen LogP contribution in [0.5, 0.6) is 5.75 Å². The van der Waals surface area contributed by atoms with Crippen LogP contribution >= 0.6 is 0 Å². The van der Waals surface area contributed by atoms with Crippen LogP contribution in [0.1, 0.15) is 13.3 Å². The first-order valence-electron chi connectivity index (χ1n) is 8.36. The molecule has 0 saturated heterocycles. The molecule has 0 aliphatic heterocycles. The lowest BCUT2D eigenvalue weighted by molar-refractivity contribution is -0.384. The van der Waals surface area contributed by atoms with Crippen LogP contribution in [0.2, 0.25) is 0 Å². The van der Waals surface area contributed by atoms with Crippen molar-refractivity contribution in [3.63, 3.8) is 0 Å². The minimum absolute atomic E-state index is 0.0457. The summed E-state index contributed by atoms with van der Waals surface area (Å²) >= 11 is 0. The Morgan fingerprint density at radius 1 is 1.25 bits per heavy atom. The third-order valence-electron chi connectivity index (χ3n) is 3.96. The third kappa shape index (κ3) is 4.97. The van der Waals surface area contributed by atoms with E-state index in [-0.39, 0.29) is 17.8 Å². The number of hydrogen-bond donors (Lipinski definition) is 1. The number of hydrogen-bond acceptors (Lipinski definition) is 6. The minimum Gasteiger partial charge on any atom is -0.497 e. The average molecular weight is 407 g/mol. The second kappa shape index (κ2) is 8.70. The van der Waals surface area contributed by atoms with Crippen molar-refractivity contribution in [2.75, 3.05) is 23.0 Å². The number of ether oxygens (including phenoxy) is 1. The molecule has 0 bridgehead atoms. The molecule has 0 heterocycles. The van der Waals surface area contributed by atoms with E-state index >= 15 is 0 Å². The maximum Gasteiger partial charge on any atom is 0.271 e. The highest BCUT2D eigenvalue weighted by atomic mass is 32.2. The van der Waals surface area contributed by atoms with Crippen LogP contribution < -0.4 is 14.4 Å². The molecule has 1 amide bonds. The van der Waals surface area contributed by atoms with Gasteiger partial charge in [-0.3, -0.25) is 19.2 Å². The molecule has 1 N–H and O–H groups in total. The summed E-state index contributed by atoms with van der Waals surface area (Å²) in [5.74, 6) is -0.0304. The molecule has 2 aromatic carbocycles. The molecule has 0 spiro atoms. The van der Waals surface area contributed by atoms with E-state index in [1.807, 2.05) is 0 Å². The van der Waals surface area contributed by atoms with Gasteiger partial charge in [0.05, 0.1) is 24.0 Å². The Morgan fingerprint density at radius 3 is 2.50 bits per heavy atom. The van der Waals surface area contributed by atoms with E-state index in [0.29, 0.717) is 11.4 Å². The molecule has 1 unspecified atom stereocenters. The first-order chi connectivity index (χ1) is 13.2. The summed E-state index contributed by atoms with van der Waals surface area (Å²) < 4.78 is 30.9. The molecule has 1 atom stereocenters. The van der Waals surface area contributed by atoms with E-state index in [2.05, 4.69) is 5.32 Å². The lowest BCUT2D eigenvalue weighted by atomic mass is 10.1. The standard InChI is InChI=1S/C18H21N3O6S/c1-4-17(18(22)19-13-7-5-10-16(11-13)27-2)20(28(3,25)26)14-8-6-9-15(12-14)21(23)24/h5-12,17H,4H2,1-3H3,(H,19,22). The molecule has 2 aromatic rings. The van der Waals surface area contributed by atoms with Gasteiger partial charge in [-0.15, -0.1) is 0 Å². The van der Waals surface area contributed by atoms with Gasteiger partial charge in [0.2, 0.25) is 15.9 Å². The predicted molar refractivity (Wildman–Crippen MR) is 106 cm³/mol. The summed E-state index contributed by atoms with van der Waals surface area (Å²) in [5, 5.41) is 13.7. The van der Waals surface area contributed by atoms with Gasteiger partial charge in [0.25, 0.3) is 5.69 Å². The Morgan fingerprint density at radius 2 is 1.93 bits per heavy atom. The van der Waals surface area contributed by atoms with Gasteiger partial charge in [0.15, 0.2) is 0 Å². The molecule has 9 nitrogen and oxygen atoms in total. The fraction of sp³-hybridized carbons (Fsp3) is 0.278. The SMILES string of the molecule is CCC(C(=O)Nc1cccc(OC)c1)N(c1cccc([N+](=O)[O-])c1)S(C)(=O)=O. The largest absolute Gasteiger partial charge is 0.497 e. The predicted octanol–water partition coefficient (Wildman–Crippen LogP) is 2.79. The summed E-state index contributed by atoms with van der Waals surface area (Å²) in [5.41, 5.74) is 0.217. The highest BCUT2D eigenvalue weighted by molar-refractivity contribution is 7.92. The number of rotatable bonds is 8. The maximum atomic E-state index is 12.8. The van der Waals surface area contributed by atoms with Gasteiger partial charge in [-0.05, 0) is 24.6 Å². The first-order valence-corrected chi connectivity index (χ1v) is 10.2. The highest BCUT2D eigenvalue weighted by Gasteiger charge is 2.32. The van der Waals surface area contributed by atoms with Crippen LogP contribution in [0, 0.1) is 10.1 Å². The number of carbonyl (C=O) groups is 1. The molecule has 0 fully saturated rings. The number of methoxy groups -OCH3 is 1. The zero-order valence-electron chi connectivity index (χ0n) is 15.7. The Hall–Kier alpha value is -3.14. The van der Waals surface area contributed by atoms with E-state index in [0.717, 1.165) is 16.6 Å². The Balaban J connectivity index is 2.41. The maximum absolute atomic E-state index is 12.8. The number of carbonyl (C=O) groups excluding carboxylic acids is 1. The van der Waals surface area contributed by atoms with Gasteiger partial charge < -0.3 is 10.1 Å². The van der Waals surface area contributed by atoms with Gasteiger partial charge in [0.1, 0.15) is 11.8 Å². The zero-order chi connectivity index (χ0) is 20.9. The monoisotopic (exact) mass is 407 g/mol. The molecule has 0 aromatic heterocycles. The fourth-order valence-electron chi connectivity index (χ4n) is 2.73. The van der Waals surface area contributed by atoms with Crippen molar-refractivity contribution in [1.82, 2.24) is 0 Å². The number of nitrogens with zero attached hydrogens (tertiary/aromatic N) is 2. The van der Waals surface area contributed by atoms with Crippen LogP contribution in [0.3, 0.4) is 0 Å². The quantitative estimate of drug-likeness (QED) is 0.531.